The van der Waals surface area contributed by atoms with E-state index >= 15 is 0 Å². The van der Waals surface area contributed by atoms with E-state index in [0.29, 0.717) is 48.2 Å². The summed E-state index contributed by atoms with van der Waals surface area (Å²) in [5.41, 5.74) is 8.43. The van der Waals surface area contributed by atoms with Gasteiger partial charge in [0.25, 0.3) is 5.56 Å². The molecule has 2 N–H and O–H groups in total. The second kappa shape index (κ2) is 9.59. The molecule has 1 fully saturated rings. The highest BCUT2D eigenvalue weighted by molar-refractivity contribution is 5.86. The number of rotatable bonds is 4. The Labute approximate surface area is 220 Å². The Morgan fingerprint density at radius 2 is 1.87 bits per heavy atom. The van der Waals surface area contributed by atoms with Crippen molar-refractivity contribution in [3.8, 4) is 11.3 Å². The van der Waals surface area contributed by atoms with Crippen LogP contribution < -0.4 is 11.3 Å². The number of carbonyl (C=O) groups excluding carboxylic acids is 2. The molecule has 2 amide bonds. The van der Waals surface area contributed by atoms with Gasteiger partial charge in [0.15, 0.2) is 5.65 Å². The minimum absolute atomic E-state index is 0.00942. The van der Waals surface area contributed by atoms with Gasteiger partial charge in [0.05, 0.1) is 24.0 Å². The zero-order valence-electron chi connectivity index (χ0n) is 22.1. The average Bonchev–Trinajstić information content (AvgIpc) is 3.23. The van der Waals surface area contributed by atoms with Crippen LogP contribution in [0.25, 0.3) is 27.7 Å². The third-order valence-corrected chi connectivity index (χ3v) is 6.72. The summed E-state index contributed by atoms with van der Waals surface area (Å²) in [5.74, 6) is -0.444. The van der Waals surface area contributed by atoms with Crippen LogP contribution in [0.1, 0.15) is 50.9 Å². The molecule has 198 valence electrons. The molecule has 1 aliphatic rings. The van der Waals surface area contributed by atoms with E-state index in [1.807, 2.05) is 64.2 Å². The molecule has 1 aliphatic heterocycles. The molecule has 10 heteroatoms. The lowest BCUT2D eigenvalue weighted by Crippen LogP contribution is -2.43. The fourth-order valence-electron chi connectivity index (χ4n) is 4.98. The van der Waals surface area contributed by atoms with Crippen molar-refractivity contribution in [2.75, 3.05) is 13.1 Å². The molecule has 0 radical (unpaired) electrons. The molecular formula is C28H32N6O4. The Bertz CT molecular complexity index is 1610. The van der Waals surface area contributed by atoms with E-state index in [9.17, 15) is 14.4 Å². The van der Waals surface area contributed by atoms with E-state index in [1.165, 1.54) is 0 Å². The largest absolute Gasteiger partial charge is 0.444 e. The molecule has 0 atom stereocenters. The number of amides is 2. The fourth-order valence-corrected chi connectivity index (χ4v) is 4.98. The van der Waals surface area contributed by atoms with Crippen LogP contribution in [0.5, 0.6) is 0 Å². The number of piperidine rings is 1. The summed E-state index contributed by atoms with van der Waals surface area (Å²) in [6.07, 6.45) is 4.74. The van der Waals surface area contributed by atoms with Crippen molar-refractivity contribution in [3.05, 3.63) is 64.3 Å². The standard InChI is InChI=1S/C28H32N6O4/c1-17-16-34-25(30-17)20(15-24(29)35)14-23(31-34)19-5-6-22-18(13-19)7-12-33(26(22)36)21-8-10-32(11-9-21)27(37)38-28(2,3)4/h5-7,12-14,16,21H,8-11,15H2,1-4H3,(H2,29,35). The molecule has 5 rings (SSSR count). The molecule has 4 aromatic rings. The number of primary amides is 1. The Morgan fingerprint density at radius 1 is 1.13 bits per heavy atom. The molecule has 38 heavy (non-hydrogen) atoms. The highest BCUT2D eigenvalue weighted by atomic mass is 16.6. The number of imidazole rings is 1. The van der Waals surface area contributed by atoms with E-state index in [-0.39, 0.29) is 24.1 Å². The monoisotopic (exact) mass is 516 g/mol. The van der Waals surface area contributed by atoms with Crippen LogP contribution in [-0.4, -0.2) is 54.8 Å². The number of aryl methyl sites for hydroxylation is 1. The third kappa shape index (κ3) is 5.11. The van der Waals surface area contributed by atoms with Crippen LogP contribution in [-0.2, 0) is 16.0 Å². The molecule has 0 spiro atoms. The summed E-state index contributed by atoms with van der Waals surface area (Å²) < 4.78 is 8.92. The Kier molecular flexibility index (Phi) is 6.42. The molecule has 10 nitrogen and oxygen atoms in total. The number of pyridine rings is 1. The maximum Gasteiger partial charge on any atom is 0.410 e. The van der Waals surface area contributed by atoms with Gasteiger partial charge in [-0.2, -0.15) is 5.10 Å². The lowest BCUT2D eigenvalue weighted by Gasteiger charge is -2.34. The normalized spacial score (nSPS) is 14.8. The first kappa shape index (κ1) is 25.4. The SMILES string of the molecule is Cc1cn2nc(-c3ccc4c(=O)n(C5CCN(C(=O)OC(C)(C)C)CC5)ccc4c3)cc(CC(N)=O)c2n1. The number of ether oxygens (including phenoxy) is 1. The molecule has 1 aromatic carbocycles. The van der Waals surface area contributed by atoms with Gasteiger partial charge in [-0.05, 0) is 70.2 Å². The Hall–Kier alpha value is -4.21. The van der Waals surface area contributed by atoms with Gasteiger partial charge in [-0.25, -0.2) is 14.3 Å². The summed E-state index contributed by atoms with van der Waals surface area (Å²) in [5, 5.41) is 6.09. The van der Waals surface area contributed by atoms with Crippen molar-refractivity contribution in [1.82, 2.24) is 24.1 Å². The number of hydrogen-bond acceptors (Lipinski definition) is 6. The van der Waals surface area contributed by atoms with Gasteiger partial charge in [0, 0.05) is 41.8 Å². The van der Waals surface area contributed by atoms with E-state index in [4.69, 9.17) is 10.5 Å². The van der Waals surface area contributed by atoms with Crippen molar-refractivity contribution in [2.24, 2.45) is 5.73 Å². The van der Waals surface area contributed by atoms with Crippen LogP contribution in [0.2, 0.25) is 0 Å². The second-order valence-electron chi connectivity index (χ2n) is 10.9. The number of nitrogens with zero attached hydrogens (tertiary/aromatic N) is 5. The van der Waals surface area contributed by atoms with Gasteiger partial charge in [-0.3, -0.25) is 9.59 Å². The van der Waals surface area contributed by atoms with Crippen molar-refractivity contribution in [1.29, 1.82) is 0 Å². The van der Waals surface area contributed by atoms with Gasteiger partial charge in [0.1, 0.15) is 5.60 Å². The molecule has 0 bridgehead atoms. The van der Waals surface area contributed by atoms with Crippen molar-refractivity contribution >= 4 is 28.4 Å². The maximum absolute atomic E-state index is 13.4. The second-order valence-corrected chi connectivity index (χ2v) is 10.9. The molecule has 4 heterocycles. The first-order chi connectivity index (χ1) is 18.0. The van der Waals surface area contributed by atoms with Crippen LogP contribution in [0.4, 0.5) is 4.79 Å². The topological polar surface area (TPSA) is 125 Å². The predicted octanol–water partition coefficient (Wildman–Crippen LogP) is 3.62. The Morgan fingerprint density at radius 3 is 2.55 bits per heavy atom. The molecule has 1 saturated heterocycles. The summed E-state index contributed by atoms with van der Waals surface area (Å²) >= 11 is 0. The van der Waals surface area contributed by atoms with E-state index in [1.54, 1.807) is 20.2 Å². The van der Waals surface area contributed by atoms with Crippen molar-refractivity contribution < 1.29 is 14.3 Å². The molecule has 0 saturated carbocycles. The average molecular weight is 517 g/mol. The number of carbonyl (C=O) groups is 2. The highest BCUT2D eigenvalue weighted by Crippen LogP contribution is 2.27. The number of nitrogens with two attached hydrogens (primary N) is 1. The van der Waals surface area contributed by atoms with E-state index in [2.05, 4.69) is 10.1 Å². The quantitative estimate of drug-likeness (QED) is 0.442. The lowest BCUT2D eigenvalue weighted by molar-refractivity contribution is -0.117. The highest BCUT2D eigenvalue weighted by Gasteiger charge is 2.28. The van der Waals surface area contributed by atoms with Crippen molar-refractivity contribution in [3.63, 3.8) is 0 Å². The van der Waals surface area contributed by atoms with Gasteiger partial charge in [-0.1, -0.05) is 6.07 Å². The number of aromatic nitrogens is 4. The summed E-state index contributed by atoms with van der Waals surface area (Å²) in [4.78, 5) is 43.6. The molecular weight excluding hydrogens is 484 g/mol. The minimum atomic E-state index is -0.537. The first-order valence-corrected chi connectivity index (χ1v) is 12.8. The lowest BCUT2D eigenvalue weighted by atomic mass is 10.0. The number of hydrogen-bond donors (Lipinski definition) is 1. The fraction of sp³-hybridized carbons (Fsp3) is 0.393. The summed E-state index contributed by atoms with van der Waals surface area (Å²) in [6.45, 7) is 8.50. The third-order valence-electron chi connectivity index (χ3n) is 6.72. The van der Waals surface area contributed by atoms with Crippen LogP contribution in [0.15, 0.2) is 47.5 Å². The predicted molar refractivity (Wildman–Crippen MR) is 144 cm³/mol. The maximum atomic E-state index is 13.4. The van der Waals surface area contributed by atoms with Crippen LogP contribution in [0.3, 0.4) is 0 Å². The van der Waals surface area contributed by atoms with Gasteiger partial charge < -0.3 is 19.9 Å². The minimum Gasteiger partial charge on any atom is -0.444 e. The van der Waals surface area contributed by atoms with E-state index in [0.717, 1.165) is 16.6 Å². The zero-order valence-corrected chi connectivity index (χ0v) is 22.1. The van der Waals surface area contributed by atoms with Crippen LogP contribution in [0, 0.1) is 6.92 Å². The summed E-state index contributed by atoms with van der Waals surface area (Å²) in [6, 6.07) is 9.38. The first-order valence-electron chi connectivity index (χ1n) is 12.8. The summed E-state index contributed by atoms with van der Waals surface area (Å²) in [7, 11) is 0. The number of benzene rings is 1. The van der Waals surface area contributed by atoms with Crippen molar-refractivity contribution in [2.45, 2.75) is 58.6 Å². The number of likely N-dealkylation sites (tertiary alicyclic amines) is 1. The van der Waals surface area contributed by atoms with Gasteiger partial charge >= 0.3 is 6.09 Å². The molecule has 3 aromatic heterocycles. The Balaban J connectivity index is 1.41. The number of fused-ring (bicyclic) bond motifs is 2. The zero-order chi connectivity index (χ0) is 27.2. The van der Waals surface area contributed by atoms with Gasteiger partial charge in [-0.15, -0.1) is 0 Å². The van der Waals surface area contributed by atoms with E-state index < -0.39 is 11.5 Å². The smallest absolute Gasteiger partial charge is 0.410 e. The van der Waals surface area contributed by atoms with Crippen LogP contribution >= 0.6 is 0 Å². The van der Waals surface area contributed by atoms with Gasteiger partial charge in [0.2, 0.25) is 5.91 Å². The molecule has 0 unspecified atom stereocenters. The molecule has 0 aliphatic carbocycles.